The minimum Gasteiger partial charge on any atom is -0.359 e. The van der Waals surface area contributed by atoms with Crippen molar-refractivity contribution in [1.82, 2.24) is 15.8 Å². The van der Waals surface area contributed by atoms with Crippen LogP contribution in [0.25, 0.3) is 0 Å². The highest BCUT2D eigenvalue weighted by Gasteiger charge is 2.10. The highest BCUT2D eigenvalue weighted by molar-refractivity contribution is 7.90. The van der Waals surface area contributed by atoms with E-state index < -0.39 is 9.84 Å². The first-order valence-corrected chi connectivity index (χ1v) is 9.95. The number of rotatable bonds is 8. The number of aliphatic imine (C=N–C) groups is 1. The Morgan fingerprint density at radius 3 is 2.61 bits per heavy atom. The van der Waals surface area contributed by atoms with Crippen LogP contribution in [-0.2, 0) is 16.4 Å². The fourth-order valence-electron chi connectivity index (χ4n) is 1.85. The highest BCUT2D eigenvalue weighted by atomic mass is 32.2. The molecule has 23 heavy (non-hydrogen) atoms. The standard InChI is InChI=1S/C15H28N4O3S/c1-6-16-15(18-12(4)7-8-23(5,20)21)17-10-13-9-14(11(2)3)19-22-13/h9,11-12H,6-8,10H2,1-5H3,(H2,16,17,18). The molecule has 1 atom stereocenters. The Morgan fingerprint density at radius 2 is 2.09 bits per heavy atom. The lowest BCUT2D eigenvalue weighted by molar-refractivity contribution is 0.376. The lowest BCUT2D eigenvalue weighted by Crippen LogP contribution is -2.42. The number of hydrogen-bond acceptors (Lipinski definition) is 5. The maximum atomic E-state index is 11.2. The maximum absolute atomic E-state index is 11.2. The van der Waals surface area contributed by atoms with Gasteiger partial charge in [0, 0.05) is 24.9 Å². The molecule has 0 saturated heterocycles. The SMILES string of the molecule is CCNC(=NCc1cc(C(C)C)no1)NC(C)CCS(C)(=O)=O. The molecule has 0 aromatic carbocycles. The van der Waals surface area contributed by atoms with Gasteiger partial charge in [0.25, 0.3) is 0 Å². The number of hydrogen-bond donors (Lipinski definition) is 2. The number of guanidine groups is 1. The lowest BCUT2D eigenvalue weighted by Gasteiger charge is -2.17. The fraction of sp³-hybridized carbons (Fsp3) is 0.733. The van der Waals surface area contributed by atoms with Crippen LogP contribution in [-0.4, -0.2) is 44.1 Å². The third-order valence-corrected chi connectivity index (χ3v) is 4.19. The van der Waals surface area contributed by atoms with Crippen molar-refractivity contribution in [3.8, 4) is 0 Å². The van der Waals surface area contributed by atoms with Crippen molar-refractivity contribution in [2.45, 2.75) is 52.6 Å². The van der Waals surface area contributed by atoms with Crippen molar-refractivity contribution in [1.29, 1.82) is 0 Å². The zero-order valence-electron chi connectivity index (χ0n) is 14.6. The average Bonchev–Trinajstić information content (AvgIpc) is 2.91. The molecule has 0 spiro atoms. The van der Waals surface area contributed by atoms with E-state index >= 15 is 0 Å². The molecular formula is C15H28N4O3S. The van der Waals surface area contributed by atoms with Gasteiger partial charge in [0.1, 0.15) is 16.4 Å². The van der Waals surface area contributed by atoms with Gasteiger partial charge in [-0.25, -0.2) is 13.4 Å². The fourth-order valence-corrected chi connectivity index (χ4v) is 2.63. The van der Waals surface area contributed by atoms with Gasteiger partial charge < -0.3 is 15.2 Å². The summed E-state index contributed by atoms with van der Waals surface area (Å²) in [7, 11) is -2.95. The molecule has 0 bridgehead atoms. The smallest absolute Gasteiger partial charge is 0.191 e. The highest BCUT2D eigenvalue weighted by Crippen LogP contribution is 2.14. The predicted octanol–water partition coefficient (Wildman–Crippen LogP) is 1.68. The van der Waals surface area contributed by atoms with E-state index in [-0.39, 0.29) is 11.8 Å². The molecule has 0 radical (unpaired) electrons. The quantitative estimate of drug-likeness (QED) is 0.550. The second-order valence-electron chi connectivity index (χ2n) is 6.03. The minimum absolute atomic E-state index is 0.00322. The Bertz CT molecular complexity index is 608. The van der Waals surface area contributed by atoms with Crippen molar-refractivity contribution in [3.63, 3.8) is 0 Å². The number of sulfone groups is 1. The van der Waals surface area contributed by atoms with Gasteiger partial charge in [0.05, 0.1) is 11.4 Å². The molecule has 0 saturated carbocycles. The summed E-state index contributed by atoms with van der Waals surface area (Å²) in [5, 5.41) is 10.3. The summed E-state index contributed by atoms with van der Waals surface area (Å²) in [5.41, 5.74) is 0.912. The van der Waals surface area contributed by atoms with Gasteiger partial charge in [-0.15, -0.1) is 0 Å². The summed E-state index contributed by atoms with van der Waals surface area (Å²) in [5.74, 6) is 1.81. The topological polar surface area (TPSA) is 96.6 Å². The van der Waals surface area contributed by atoms with E-state index in [4.69, 9.17) is 4.52 Å². The summed E-state index contributed by atoms with van der Waals surface area (Å²) in [6.07, 6.45) is 1.78. The molecule has 0 aliphatic carbocycles. The first kappa shape index (κ1) is 19.5. The molecule has 2 N–H and O–H groups in total. The van der Waals surface area contributed by atoms with Crippen molar-refractivity contribution in [2.75, 3.05) is 18.6 Å². The van der Waals surface area contributed by atoms with Gasteiger partial charge in [0.2, 0.25) is 0 Å². The van der Waals surface area contributed by atoms with Gasteiger partial charge >= 0.3 is 0 Å². The zero-order chi connectivity index (χ0) is 17.5. The second kappa shape index (κ2) is 8.90. The molecule has 0 amide bonds. The average molecular weight is 344 g/mol. The number of nitrogens with one attached hydrogen (secondary N) is 2. The van der Waals surface area contributed by atoms with Crippen molar-refractivity contribution in [2.24, 2.45) is 4.99 Å². The van der Waals surface area contributed by atoms with Crippen molar-refractivity contribution >= 4 is 15.8 Å². The molecule has 1 aromatic rings. The first-order chi connectivity index (χ1) is 10.7. The van der Waals surface area contributed by atoms with Crippen LogP contribution in [0.2, 0.25) is 0 Å². The molecule has 1 rings (SSSR count). The maximum Gasteiger partial charge on any atom is 0.191 e. The second-order valence-corrected chi connectivity index (χ2v) is 8.29. The predicted molar refractivity (Wildman–Crippen MR) is 92.3 cm³/mol. The Hall–Kier alpha value is -1.57. The summed E-state index contributed by atoms with van der Waals surface area (Å²) in [6.45, 7) is 9.12. The molecule has 132 valence electrons. The molecule has 1 heterocycles. The zero-order valence-corrected chi connectivity index (χ0v) is 15.4. The summed E-state index contributed by atoms with van der Waals surface area (Å²) < 4.78 is 27.7. The van der Waals surface area contributed by atoms with Crippen LogP contribution in [0.1, 0.15) is 51.5 Å². The van der Waals surface area contributed by atoms with E-state index in [1.165, 1.54) is 6.26 Å². The Morgan fingerprint density at radius 1 is 1.39 bits per heavy atom. The van der Waals surface area contributed by atoms with Crippen LogP contribution >= 0.6 is 0 Å². The van der Waals surface area contributed by atoms with E-state index in [1.54, 1.807) is 0 Å². The van der Waals surface area contributed by atoms with Gasteiger partial charge in [0.15, 0.2) is 11.7 Å². The van der Waals surface area contributed by atoms with E-state index in [0.717, 1.165) is 12.2 Å². The largest absolute Gasteiger partial charge is 0.359 e. The van der Waals surface area contributed by atoms with Crippen LogP contribution < -0.4 is 10.6 Å². The van der Waals surface area contributed by atoms with E-state index in [9.17, 15) is 8.42 Å². The van der Waals surface area contributed by atoms with Crippen LogP contribution in [0.4, 0.5) is 0 Å². The Labute approximate surface area is 138 Å². The number of aromatic nitrogens is 1. The number of nitrogens with zero attached hydrogens (tertiary/aromatic N) is 2. The third-order valence-electron chi connectivity index (χ3n) is 3.21. The monoisotopic (exact) mass is 344 g/mol. The third kappa shape index (κ3) is 8.01. The molecule has 0 aliphatic rings. The first-order valence-electron chi connectivity index (χ1n) is 7.89. The van der Waals surface area contributed by atoms with E-state index in [2.05, 4.69) is 34.6 Å². The van der Waals surface area contributed by atoms with Crippen molar-refractivity contribution < 1.29 is 12.9 Å². The molecule has 7 nitrogen and oxygen atoms in total. The summed E-state index contributed by atoms with van der Waals surface area (Å²) in [4.78, 5) is 4.45. The molecule has 1 aromatic heterocycles. The normalized spacial score (nSPS) is 14.1. The van der Waals surface area contributed by atoms with Gasteiger partial charge in [-0.05, 0) is 26.2 Å². The van der Waals surface area contributed by atoms with Crippen LogP contribution in [0, 0.1) is 0 Å². The van der Waals surface area contributed by atoms with Crippen LogP contribution in [0.5, 0.6) is 0 Å². The van der Waals surface area contributed by atoms with E-state index in [0.29, 0.717) is 30.6 Å². The molecule has 8 heteroatoms. The molecule has 0 aliphatic heterocycles. The van der Waals surface area contributed by atoms with E-state index in [1.807, 2.05) is 19.9 Å². The van der Waals surface area contributed by atoms with Crippen LogP contribution in [0.3, 0.4) is 0 Å². The van der Waals surface area contributed by atoms with Crippen LogP contribution in [0.15, 0.2) is 15.6 Å². The lowest BCUT2D eigenvalue weighted by atomic mass is 10.1. The van der Waals surface area contributed by atoms with Crippen molar-refractivity contribution in [3.05, 3.63) is 17.5 Å². The Balaban J connectivity index is 2.61. The molecule has 1 unspecified atom stereocenters. The van der Waals surface area contributed by atoms with Gasteiger partial charge in [-0.2, -0.15) is 0 Å². The Kier molecular flexibility index (Phi) is 7.54. The van der Waals surface area contributed by atoms with Gasteiger partial charge in [-0.3, -0.25) is 0 Å². The molecular weight excluding hydrogens is 316 g/mol. The summed E-state index contributed by atoms with van der Waals surface area (Å²) >= 11 is 0. The molecule has 0 fully saturated rings. The summed E-state index contributed by atoms with van der Waals surface area (Å²) in [6, 6.07) is 1.91. The van der Waals surface area contributed by atoms with Gasteiger partial charge in [-0.1, -0.05) is 19.0 Å². The minimum atomic E-state index is -2.95.